The molecule has 0 aliphatic carbocycles. The van der Waals surface area contributed by atoms with Crippen molar-refractivity contribution in [3.8, 4) is 5.88 Å². The normalized spacial score (nSPS) is 10.3. The standard InChI is InChI=1S/C9H12NOS/c1-7(2)12-9-6-4-5-8(10-9)11-3/h4-5,7H,1-3H3. The van der Waals surface area contributed by atoms with Crippen molar-refractivity contribution in [2.75, 3.05) is 7.11 Å². The third kappa shape index (κ3) is 2.74. The van der Waals surface area contributed by atoms with Crippen LogP contribution in [0.2, 0.25) is 0 Å². The second-order valence-corrected chi connectivity index (χ2v) is 4.17. The zero-order valence-corrected chi connectivity index (χ0v) is 8.31. The van der Waals surface area contributed by atoms with Crippen LogP contribution in [0.4, 0.5) is 0 Å². The van der Waals surface area contributed by atoms with E-state index in [-0.39, 0.29) is 0 Å². The molecule has 0 aliphatic rings. The van der Waals surface area contributed by atoms with Gasteiger partial charge in [-0.15, -0.1) is 11.8 Å². The van der Waals surface area contributed by atoms with Gasteiger partial charge in [0.2, 0.25) is 5.88 Å². The first-order valence-corrected chi connectivity index (χ1v) is 4.69. The largest absolute Gasteiger partial charge is 0.481 e. The molecule has 1 heterocycles. The van der Waals surface area contributed by atoms with Crippen LogP contribution in [0.15, 0.2) is 17.2 Å². The Morgan fingerprint density at radius 3 is 2.92 bits per heavy atom. The van der Waals surface area contributed by atoms with Crippen LogP contribution in [0.25, 0.3) is 0 Å². The molecule has 0 aliphatic heterocycles. The average Bonchev–Trinajstić information content (AvgIpc) is 2.03. The monoisotopic (exact) mass is 182 g/mol. The number of hydrogen-bond acceptors (Lipinski definition) is 3. The highest BCUT2D eigenvalue weighted by atomic mass is 32.2. The van der Waals surface area contributed by atoms with Crippen molar-refractivity contribution in [2.24, 2.45) is 0 Å². The Labute approximate surface area is 77.3 Å². The Morgan fingerprint density at radius 2 is 2.33 bits per heavy atom. The predicted octanol–water partition coefficient (Wildman–Crippen LogP) is 2.39. The van der Waals surface area contributed by atoms with Crippen molar-refractivity contribution in [3.63, 3.8) is 0 Å². The minimum Gasteiger partial charge on any atom is -0.481 e. The van der Waals surface area contributed by atoms with Gasteiger partial charge in [0.25, 0.3) is 0 Å². The Balaban J connectivity index is 2.72. The molecule has 2 nitrogen and oxygen atoms in total. The molecule has 0 atom stereocenters. The quantitative estimate of drug-likeness (QED) is 0.670. The average molecular weight is 182 g/mol. The zero-order chi connectivity index (χ0) is 8.97. The predicted molar refractivity (Wildman–Crippen MR) is 50.6 cm³/mol. The Hall–Kier alpha value is -0.700. The number of thioether (sulfide) groups is 1. The first-order valence-electron chi connectivity index (χ1n) is 3.81. The van der Waals surface area contributed by atoms with Crippen LogP contribution >= 0.6 is 11.8 Å². The Bertz CT molecular complexity index is 250. The number of methoxy groups -OCH3 is 1. The van der Waals surface area contributed by atoms with Crippen molar-refractivity contribution in [1.82, 2.24) is 4.98 Å². The molecule has 0 bridgehead atoms. The molecule has 3 heteroatoms. The van der Waals surface area contributed by atoms with E-state index in [0.717, 1.165) is 5.03 Å². The van der Waals surface area contributed by atoms with Gasteiger partial charge in [0.15, 0.2) is 0 Å². The number of rotatable bonds is 3. The third-order valence-electron chi connectivity index (χ3n) is 1.20. The molecule has 0 N–H and O–H groups in total. The van der Waals surface area contributed by atoms with E-state index in [2.05, 4.69) is 24.9 Å². The van der Waals surface area contributed by atoms with E-state index in [1.807, 2.05) is 6.07 Å². The highest BCUT2D eigenvalue weighted by molar-refractivity contribution is 7.99. The lowest BCUT2D eigenvalue weighted by Gasteiger charge is -2.04. The Kier molecular flexibility index (Phi) is 3.41. The van der Waals surface area contributed by atoms with E-state index < -0.39 is 0 Å². The molecular formula is C9H12NOS. The van der Waals surface area contributed by atoms with Crippen molar-refractivity contribution in [3.05, 3.63) is 18.2 Å². The van der Waals surface area contributed by atoms with Gasteiger partial charge in [0, 0.05) is 17.4 Å². The molecule has 0 unspecified atom stereocenters. The second kappa shape index (κ2) is 4.36. The SMILES string of the molecule is COc1cc[c]c(SC(C)C)n1. The first-order chi connectivity index (χ1) is 5.72. The van der Waals surface area contributed by atoms with Crippen molar-refractivity contribution in [2.45, 2.75) is 24.1 Å². The molecule has 0 amide bonds. The van der Waals surface area contributed by atoms with Crippen LogP contribution in [0, 0.1) is 6.07 Å². The topological polar surface area (TPSA) is 22.1 Å². The summed E-state index contributed by atoms with van der Waals surface area (Å²) in [5.41, 5.74) is 0. The fourth-order valence-electron chi connectivity index (χ4n) is 0.751. The van der Waals surface area contributed by atoms with Gasteiger partial charge in [-0.25, -0.2) is 4.98 Å². The van der Waals surface area contributed by atoms with Gasteiger partial charge in [0.1, 0.15) is 5.03 Å². The zero-order valence-electron chi connectivity index (χ0n) is 7.50. The molecule has 0 fully saturated rings. The summed E-state index contributed by atoms with van der Waals surface area (Å²) in [5.74, 6) is 0.650. The molecule has 0 aromatic carbocycles. The van der Waals surface area contributed by atoms with Crippen LogP contribution in [0.3, 0.4) is 0 Å². The summed E-state index contributed by atoms with van der Waals surface area (Å²) in [6, 6.07) is 6.67. The number of nitrogens with zero attached hydrogens (tertiary/aromatic N) is 1. The van der Waals surface area contributed by atoms with Crippen LogP contribution in [-0.2, 0) is 0 Å². The number of pyridine rings is 1. The molecule has 0 saturated heterocycles. The summed E-state index contributed by atoms with van der Waals surface area (Å²) in [6.07, 6.45) is 0. The highest BCUT2D eigenvalue weighted by Crippen LogP contribution is 2.21. The van der Waals surface area contributed by atoms with E-state index in [0.29, 0.717) is 11.1 Å². The summed E-state index contributed by atoms with van der Waals surface area (Å²) >= 11 is 1.68. The van der Waals surface area contributed by atoms with Crippen molar-refractivity contribution in [1.29, 1.82) is 0 Å². The van der Waals surface area contributed by atoms with Gasteiger partial charge in [-0.1, -0.05) is 13.8 Å². The fourth-order valence-corrected chi connectivity index (χ4v) is 1.48. The maximum Gasteiger partial charge on any atom is 0.214 e. The van der Waals surface area contributed by atoms with E-state index in [1.165, 1.54) is 0 Å². The molecule has 1 aromatic rings. The van der Waals surface area contributed by atoms with Crippen LogP contribution < -0.4 is 4.74 Å². The summed E-state index contributed by atoms with van der Waals surface area (Å²) in [7, 11) is 1.62. The molecular weight excluding hydrogens is 170 g/mol. The summed E-state index contributed by atoms with van der Waals surface area (Å²) in [4.78, 5) is 4.22. The fraction of sp³-hybridized carbons (Fsp3) is 0.444. The van der Waals surface area contributed by atoms with Gasteiger partial charge < -0.3 is 4.74 Å². The summed E-state index contributed by atoms with van der Waals surface area (Å²) < 4.78 is 4.99. The van der Waals surface area contributed by atoms with Crippen LogP contribution in [0.5, 0.6) is 5.88 Å². The van der Waals surface area contributed by atoms with E-state index in [9.17, 15) is 0 Å². The third-order valence-corrected chi connectivity index (χ3v) is 2.10. The minimum atomic E-state index is 0.529. The van der Waals surface area contributed by atoms with Crippen LogP contribution in [0.1, 0.15) is 13.8 Å². The van der Waals surface area contributed by atoms with E-state index in [1.54, 1.807) is 24.9 Å². The van der Waals surface area contributed by atoms with Crippen molar-refractivity contribution < 1.29 is 4.74 Å². The number of ether oxygens (including phenoxy) is 1. The molecule has 1 aromatic heterocycles. The molecule has 12 heavy (non-hydrogen) atoms. The van der Waals surface area contributed by atoms with Gasteiger partial charge in [-0.05, 0) is 6.07 Å². The smallest absolute Gasteiger partial charge is 0.214 e. The van der Waals surface area contributed by atoms with Crippen molar-refractivity contribution >= 4 is 11.8 Å². The van der Waals surface area contributed by atoms with Gasteiger partial charge in [-0.3, -0.25) is 0 Å². The molecule has 1 radical (unpaired) electrons. The number of hydrogen-bond donors (Lipinski definition) is 0. The van der Waals surface area contributed by atoms with E-state index in [4.69, 9.17) is 4.74 Å². The maximum absolute atomic E-state index is 4.99. The summed E-state index contributed by atoms with van der Waals surface area (Å²) in [5, 5.41) is 1.42. The Morgan fingerprint density at radius 1 is 1.58 bits per heavy atom. The molecule has 0 saturated carbocycles. The van der Waals surface area contributed by atoms with Gasteiger partial charge >= 0.3 is 0 Å². The van der Waals surface area contributed by atoms with Gasteiger partial charge in [-0.2, -0.15) is 0 Å². The molecule has 65 valence electrons. The minimum absolute atomic E-state index is 0.529. The maximum atomic E-state index is 4.99. The van der Waals surface area contributed by atoms with Crippen LogP contribution in [-0.4, -0.2) is 17.3 Å². The number of aromatic nitrogens is 1. The van der Waals surface area contributed by atoms with E-state index >= 15 is 0 Å². The first kappa shape index (κ1) is 9.39. The lowest BCUT2D eigenvalue weighted by Crippen LogP contribution is -1.91. The lowest BCUT2D eigenvalue weighted by molar-refractivity contribution is 0.394. The lowest BCUT2D eigenvalue weighted by atomic mass is 10.5. The molecule has 0 spiro atoms. The van der Waals surface area contributed by atoms with Gasteiger partial charge in [0.05, 0.1) is 7.11 Å². The highest BCUT2D eigenvalue weighted by Gasteiger charge is 2.00. The second-order valence-electron chi connectivity index (χ2n) is 2.60. The summed E-state index contributed by atoms with van der Waals surface area (Å²) in [6.45, 7) is 4.25. The molecule has 1 rings (SSSR count).